The maximum Gasteiger partial charge on any atom is 2.00 e. The fourth-order valence-electron chi connectivity index (χ4n) is 4.49. The summed E-state index contributed by atoms with van der Waals surface area (Å²) in [5.41, 5.74) is 8.45. The van der Waals surface area contributed by atoms with E-state index in [9.17, 15) is 0 Å². The molecule has 0 unspecified atom stereocenters. The largest absolute Gasteiger partial charge is 2.00 e. The molecular formula is C30H49Cl2CoN3. The number of halogens is 2. The van der Waals surface area contributed by atoms with E-state index in [1.807, 2.05) is 0 Å². The zero-order chi connectivity index (χ0) is 24.4. The molecule has 0 aliphatic rings. The minimum absolute atomic E-state index is 0. The molecule has 36 heavy (non-hydrogen) atoms. The van der Waals surface area contributed by atoms with E-state index in [4.69, 9.17) is 0 Å². The third kappa shape index (κ3) is 11.2. The zero-order valence-corrected chi connectivity index (χ0v) is 26.2. The molecule has 0 atom stereocenters. The van der Waals surface area contributed by atoms with Crippen LogP contribution < -0.4 is 40.8 Å². The van der Waals surface area contributed by atoms with Crippen molar-refractivity contribution in [1.29, 1.82) is 0 Å². The number of hydrogen-bond donors (Lipinski definition) is 3. The van der Waals surface area contributed by atoms with Gasteiger partial charge in [0, 0.05) is 24.5 Å². The number of nitrogens with one attached hydrogen (secondary N) is 3. The average Bonchev–Trinajstić information content (AvgIpc) is 2.77. The number of rotatable bonds is 14. The van der Waals surface area contributed by atoms with Crippen molar-refractivity contribution in [1.82, 2.24) is 5.32 Å². The molecule has 0 bridgehead atoms. The van der Waals surface area contributed by atoms with Gasteiger partial charge in [0.05, 0.1) is 0 Å². The normalized spacial score (nSPS) is 10.8. The molecule has 0 amide bonds. The molecule has 2 aromatic rings. The molecule has 3 nitrogen and oxygen atoms in total. The van der Waals surface area contributed by atoms with Crippen LogP contribution in [0.2, 0.25) is 0 Å². The Morgan fingerprint density at radius 1 is 0.500 bits per heavy atom. The second-order valence-electron chi connectivity index (χ2n) is 10.6. The molecule has 0 aliphatic carbocycles. The van der Waals surface area contributed by atoms with Gasteiger partial charge in [-0.2, -0.15) is 0 Å². The summed E-state index contributed by atoms with van der Waals surface area (Å²) in [6.07, 6.45) is 2.26. The quantitative estimate of drug-likeness (QED) is 0.299. The average molecular weight is 582 g/mol. The predicted molar refractivity (Wildman–Crippen MR) is 148 cm³/mol. The van der Waals surface area contributed by atoms with Gasteiger partial charge in [0.2, 0.25) is 0 Å². The van der Waals surface area contributed by atoms with Gasteiger partial charge in [0.1, 0.15) is 0 Å². The fraction of sp³-hybridized carbons (Fsp3) is 0.600. The minimum Gasteiger partial charge on any atom is -1.00 e. The molecule has 1 radical (unpaired) electrons. The van der Waals surface area contributed by atoms with Crippen LogP contribution in [0.3, 0.4) is 0 Å². The molecule has 6 heteroatoms. The first-order chi connectivity index (χ1) is 15.7. The van der Waals surface area contributed by atoms with Crippen LogP contribution in [0.1, 0.15) is 114 Å². The van der Waals surface area contributed by atoms with Crippen LogP contribution in [0.4, 0.5) is 11.4 Å². The molecule has 3 N–H and O–H groups in total. The van der Waals surface area contributed by atoms with Crippen LogP contribution in [-0.2, 0) is 16.8 Å². The SMILES string of the molecule is CC(C)c1cccc(C(C)C)c1NCCCNCCCNc1c(C(C)C)cccc1C(C)C.[Cl-].[Cl-].[Co+2]. The standard InChI is InChI=1S/C30H49N3.2ClH.Co/c1-21(2)25-13-9-14-26(22(3)4)29(25)32-19-11-17-31-18-12-20-33-30-27(23(5)6)15-10-16-28(30)24(7)8;;;/h9-10,13-16,21-24,31-33H,11-12,17-20H2,1-8H3;2*1H;/q;;;+2/p-2. The molecule has 0 saturated carbocycles. The van der Waals surface area contributed by atoms with E-state index in [1.165, 1.54) is 33.6 Å². The summed E-state index contributed by atoms with van der Waals surface area (Å²) in [4.78, 5) is 0. The predicted octanol–water partition coefficient (Wildman–Crippen LogP) is 2.08. The second kappa shape index (κ2) is 19.2. The molecule has 207 valence electrons. The van der Waals surface area contributed by atoms with Crippen LogP contribution in [0, 0.1) is 0 Å². The van der Waals surface area contributed by atoms with Crippen molar-refractivity contribution >= 4 is 11.4 Å². The molecule has 0 fully saturated rings. The third-order valence-electron chi connectivity index (χ3n) is 6.41. The number of anilines is 2. The van der Waals surface area contributed by atoms with E-state index in [1.54, 1.807) is 0 Å². The summed E-state index contributed by atoms with van der Waals surface area (Å²) in [7, 11) is 0. The summed E-state index contributed by atoms with van der Waals surface area (Å²) in [6, 6.07) is 13.5. The zero-order valence-electron chi connectivity index (χ0n) is 23.6. The van der Waals surface area contributed by atoms with Crippen molar-refractivity contribution in [2.75, 3.05) is 36.8 Å². The van der Waals surface area contributed by atoms with Crippen molar-refractivity contribution < 1.29 is 41.6 Å². The van der Waals surface area contributed by atoms with Gasteiger partial charge < -0.3 is 40.8 Å². The Morgan fingerprint density at radius 2 is 0.778 bits per heavy atom. The first kappa shape index (κ1) is 37.2. The molecule has 0 aliphatic heterocycles. The Bertz CT molecular complexity index is 732. The summed E-state index contributed by atoms with van der Waals surface area (Å²) in [6.45, 7) is 22.4. The van der Waals surface area contributed by atoms with Crippen molar-refractivity contribution in [3.63, 3.8) is 0 Å². The Labute approximate surface area is 244 Å². The van der Waals surface area contributed by atoms with E-state index < -0.39 is 0 Å². The first-order valence-corrected chi connectivity index (χ1v) is 13.2. The summed E-state index contributed by atoms with van der Waals surface area (Å²) in [5.74, 6) is 2.14. The van der Waals surface area contributed by atoms with Gasteiger partial charge in [-0.1, -0.05) is 91.8 Å². The van der Waals surface area contributed by atoms with Gasteiger partial charge in [0.25, 0.3) is 0 Å². The Hall–Kier alpha value is -0.914. The van der Waals surface area contributed by atoms with E-state index in [0.717, 1.165) is 39.0 Å². The van der Waals surface area contributed by atoms with Gasteiger partial charge in [0.15, 0.2) is 0 Å². The van der Waals surface area contributed by atoms with Gasteiger partial charge in [-0.15, -0.1) is 0 Å². The monoisotopic (exact) mass is 580 g/mol. The number of benzene rings is 2. The molecule has 0 spiro atoms. The summed E-state index contributed by atoms with van der Waals surface area (Å²) in [5, 5.41) is 11.1. The first-order valence-electron chi connectivity index (χ1n) is 13.2. The maximum atomic E-state index is 3.75. The second-order valence-corrected chi connectivity index (χ2v) is 10.6. The van der Waals surface area contributed by atoms with Crippen LogP contribution in [0.25, 0.3) is 0 Å². The van der Waals surface area contributed by atoms with Gasteiger partial charge in [-0.25, -0.2) is 0 Å². The molecule has 0 heterocycles. The van der Waals surface area contributed by atoms with Crippen molar-refractivity contribution in [2.24, 2.45) is 0 Å². The van der Waals surface area contributed by atoms with E-state index in [2.05, 4.69) is 108 Å². The van der Waals surface area contributed by atoms with Crippen LogP contribution in [0.15, 0.2) is 36.4 Å². The topological polar surface area (TPSA) is 36.1 Å². The molecule has 2 aromatic carbocycles. The van der Waals surface area contributed by atoms with Crippen molar-refractivity contribution in [3.05, 3.63) is 58.7 Å². The van der Waals surface area contributed by atoms with Gasteiger partial charge in [-0.05, 0) is 71.9 Å². The summed E-state index contributed by atoms with van der Waals surface area (Å²) < 4.78 is 0. The fourth-order valence-corrected chi connectivity index (χ4v) is 4.49. The Kier molecular flexibility index (Phi) is 19.9. The molecule has 2 rings (SSSR count). The Morgan fingerprint density at radius 3 is 1.03 bits per heavy atom. The van der Waals surface area contributed by atoms with Crippen LogP contribution >= 0.6 is 0 Å². The van der Waals surface area contributed by atoms with Crippen molar-refractivity contribution in [2.45, 2.75) is 91.9 Å². The van der Waals surface area contributed by atoms with Crippen LogP contribution in [-0.4, -0.2) is 26.2 Å². The third-order valence-corrected chi connectivity index (χ3v) is 6.41. The van der Waals surface area contributed by atoms with Gasteiger partial charge in [-0.3, -0.25) is 0 Å². The summed E-state index contributed by atoms with van der Waals surface area (Å²) >= 11 is 0. The van der Waals surface area contributed by atoms with Gasteiger partial charge >= 0.3 is 16.8 Å². The van der Waals surface area contributed by atoms with Crippen molar-refractivity contribution in [3.8, 4) is 0 Å². The minimum atomic E-state index is 0. The van der Waals surface area contributed by atoms with Crippen LogP contribution in [0.5, 0.6) is 0 Å². The van der Waals surface area contributed by atoms with E-state index in [0.29, 0.717) is 23.7 Å². The Balaban J connectivity index is 0. The van der Waals surface area contributed by atoms with E-state index in [-0.39, 0.29) is 41.6 Å². The molecule has 0 saturated heterocycles. The number of hydrogen-bond acceptors (Lipinski definition) is 3. The van der Waals surface area contributed by atoms with E-state index >= 15 is 0 Å². The molecule has 0 aromatic heterocycles. The maximum absolute atomic E-state index is 3.75. The smallest absolute Gasteiger partial charge is 1.00 e. The molecular weight excluding hydrogens is 532 g/mol. The number of para-hydroxylation sites is 2.